The Hall–Kier alpha value is -0.0200. The fraction of sp³-hybridized carbons (Fsp3) is 0.750. The topological polar surface area (TPSA) is 29.5 Å². The van der Waals surface area contributed by atoms with E-state index in [-0.39, 0.29) is 0 Å². The molecule has 0 amide bonds. The van der Waals surface area contributed by atoms with Gasteiger partial charge in [-0.2, -0.15) is 0 Å². The molecule has 1 heterocycles. The highest BCUT2D eigenvalue weighted by Crippen LogP contribution is 1.97. The summed E-state index contributed by atoms with van der Waals surface area (Å²) < 4.78 is 4.89. The molecule has 0 bridgehead atoms. The minimum absolute atomic E-state index is 0.297. The van der Waals surface area contributed by atoms with Gasteiger partial charge in [-0.05, 0) is 25.3 Å². The normalized spacial score (nSPS) is 14.7. The van der Waals surface area contributed by atoms with Gasteiger partial charge in [0.05, 0.1) is 12.9 Å². The van der Waals surface area contributed by atoms with Crippen molar-refractivity contribution in [2.75, 3.05) is 18.5 Å². The Morgan fingerprint density at radius 1 is 1.55 bits per heavy atom. The predicted molar refractivity (Wildman–Crippen MR) is 49.8 cm³/mol. The molecule has 1 aliphatic rings. The van der Waals surface area contributed by atoms with Crippen molar-refractivity contribution in [1.29, 1.82) is 0 Å². The fourth-order valence-electron chi connectivity index (χ4n) is 0.548. The zero-order valence-electron chi connectivity index (χ0n) is 6.63. The van der Waals surface area contributed by atoms with Crippen molar-refractivity contribution in [2.24, 2.45) is 0 Å². The second-order valence-electron chi connectivity index (χ2n) is 2.15. The second-order valence-corrected chi connectivity index (χ2v) is 2.94. The Bertz CT molecular complexity index is 84.1. The molecule has 2 nitrogen and oxygen atoms in total. The first-order chi connectivity index (χ1) is 5.41. The zero-order valence-corrected chi connectivity index (χ0v) is 8.22. The van der Waals surface area contributed by atoms with E-state index in [2.05, 4.69) is 15.9 Å². The van der Waals surface area contributed by atoms with Crippen LogP contribution in [0.3, 0.4) is 0 Å². The third kappa shape index (κ3) is 9.98. The first-order valence-corrected chi connectivity index (χ1v) is 4.97. The number of hydrogen-bond donors (Lipinski definition) is 1. The van der Waals surface area contributed by atoms with Gasteiger partial charge >= 0.3 is 0 Å². The van der Waals surface area contributed by atoms with Crippen LogP contribution in [0.4, 0.5) is 0 Å². The van der Waals surface area contributed by atoms with Crippen LogP contribution in [0.15, 0.2) is 12.3 Å². The summed E-state index contributed by atoms with van der Waals surface area (Å²) in [7, 11) is 0. The van der Waals surface area contributed by atoms with E-state index in [0.29, 0.717) is 6.61 Å². The first-order valence-electron chi connectivity index (χ1n) is 3.85. The molecule has 0 aromatic heterocycles. The van der Waals surface area contributed by atoms with E-state index >= 15 is 0 Å². The smallest absolute Gasteiger partial charge is 0.0876 e. The highest BCUT2D eigenvalue weighted by molar-refractivity contribution is 9.09. The van der Waals surface area contributed by atoms with Gasteiger partial charge < -0.3 is 9.84 Å². The number of aliphatic hydroxyl groups is 1. The fourth-order valence-corrected chi connectivity index (χ4v) is 0.799. The molecule has 0 radical (unpaired) electrons. The average molecular weight is 223 g/mol. The van der Waals surface area contributed by atoms with Crippen molar-refractivity contribution in [2.45, 2.75) is 19.3 Å². The lowest BCUT2D eigenvalue weighted by molar-refractivity contribution is 0.231. The van der Waals surface area contributed by atoms with Crippen LogP contribution in [0, 0.1) is 0 Å². The van der Waals surface area contributed by atoms with Gasteiger partial charge in [0.25, 0.3) is 0 Å². The van der Waals surface area contributed by atoms with Crippen LogP contribution in [0.2, 0.25) is 0 Å². The van der Waals surface area contributed by atoms with Crippen molar-refractivity contribution >= 4 is 15.9 Å². The van der Waals surface area contributed by atoms with E-state index in [4.69, 9.17) is 9.84 Å². The molecule has 1 N–H and O–H groups in total. The van der Waals surface area contributed by atoms with Gasteiger partial charge in [0, 0.05) is 11.9 Å². The lowest BCUT2D eigenvalue weighted by atomic mass is 10.3. The van der Waals surface area contributed by atoms with Gasteiger partial charge in [-0.25, -0.2) is 0 Å². The largest absolute Gasteiger partial charge is 0.502 e. The highest BCUT2D eigenvalue weighted by Gasteiger charge is 1.86. The lowest BCUT2D eigenvalue weighted by Crippen LogP contribution is -1.90. The van der Waals surface area contributed by atoms with E-state index in [9.17, 15) is 0 Å². The summed E-state index contributed by atoms with van der Waals surface area (Å²) in [6, 6.07) is 0. The third-order valence-corrected chi connectivity index (χ3v) is 1.68. The molecule has 0 unspecified atom stereocenters. The van der Waals surface area contributed by atoms with Crippen LogP contribution in [0.25, 0.3) is 0 Å². The van der Waals surface area contributed by atoms with Gasteiger partial charge in [-0.1, -0.05) is 15.9 Å². The first kappa shape index (κ1) is 11.0. The Labute approximate surface area is 76.4 Å². The number of hydrogen-bond acceptors (Lipinski definition) is 2. The summed E-state index contributed by atoms with van der Waals surface area (Å²) in [5.41, 5.74) is 0. The highest BCUT2D eigenvalue weighted by atomic mass is 79.9. The summed E-state index contributed by atoms with van der Waals surface area (Å²) in [5.74, 6) is 0. The van der Waals surface area contributed by atoms with Crippen LogP contribution in [0.5, 0.6) is 0 Å². The molecule has 3 heteroatoms. The minimum Gasteiger partial charge on any atom is -0.502 e. The summed E-state index contributed by atoms with van der Waals surface area (Å²) in [4.78, 5) is 0. The van der Waals surface area contributed by atoms with Crippen LogP contribution in [0.1, 0.15) is 19.3 Å². The molecule has 0 aromatic carbocycles. The summed E-state index contributed by atoms with van der Waals surface area (Å²) in [5, 5.41) is 8.94. The van der Waals surface area contributed by atoms with E-state index in [1.165, 1.54) is 12.8 Å². The Balaban J connectivity index is 0.000000187. The molecule has 0 aromatic rings. The maximum atomic E-state index is 8.04. The minimum atomic E-state index is 0.297. The Morgan fingerprint density at radius 3 is 2.45 bits per heavy atom. The van der Waals surface area contributed by atoms with Gasteiger partial charge in [-0.15, -0.1) is 0 Å². The Morgan fingerprint density at radius 2 is 2.36 bits per heavy atom. The summed E-state index contributed by atoms with van der Waals surface area (Å²) in [6.45, 7) is 1.21. The second kappa shape index (κ2) is 9.98. The monoisotopic (exact) mass is 222 g/mol. The molecule has 0 aliphatic carbocycles. The molecule has 0 spiro atoms. The van der Waals surface area contributed by atoms with Gasteiger partial charge in [0.1, 0.15) is 0 Å². The standard InChI is InChI=1S/C5H8O.C3H7BrO/c1-2-4-6-5-3-1;4-2-1-3-5/h2,4H,1,3,5H2;5H,1-3H2. The van der Waals surface area contributed by atoms with Crippen molar-refractivity contribution in [3.63, 3.8) is 0 Å². The number of aliphatic hydroxyl groups excluding tert-OH is 1. The SMILES string of the molecule is C1=COCCC1.OCCCBr. The molecule has 66 valence electrons. The van der Waals surface area contributed by atoms with Crippen molar-refractivity contribution in [3.8, 4) is 0 Å². The van der Waals surface area contributed by atoms with Crippen LogP contribution in [-0.2, 0) is 4.74 Å². The van der Waals surface area contributed by atoms with Crippen molar-refractivity contribution in [3.05, 3.63) is 12.3 Å². The molecule has 1 aliphatic heterocycles. The molecule has 0 saturated heterocycles. The van der Waals surface area contributed by atoms with E-state index < -0.39 is 0 Å². The molecule has 0 atom stereocenters. The lowest BCUT2D eigenvalue weighted by Gasteiger charge is -2.01. The zero-order chi connectivity index (χ0) is 8.36. The van der Waals surface area contributed by atoms with Gasteiger partial charge in [0.15, 0.2) is 0 Å². The van der Waals surface area contributed by atoms with Gasteiger partial charge in [-0.3, -0.25) is 0 Å². The number of halogens is 1. The van der Waals surface area contributed by atoms with E-state index in [1.54, 1.807) is 6.26 Å². The molecular weight excluding hydrogens is 208 g/mol. The maximum absolute atomic E-state index is 8.04. The molecule has 0 fully saturated rings. The van der Waals surface area contributed by atoms with Crippen LogP contribution in [-0.4, -0.2) is 23.7 Å². The number of allylic oxidation sites excluding steroid dienone is 1. The Kier molecular flexibility index (Phi) is 9.96. The average Bonchev–Trinajstić information content (AvgIpc) is 2.10. The summed E-state index contributed by atoms with van der Waals surface area (Å²) in [6.07, 6.45) is 7.06. The third-order valence-electron chi connectivity index (χ3n) is 1.12. The summed E-state index contributed by atoms with van der Waals surface area (Å²) >= 11 is 3.15. The predicted octanol–water partition coefficient (Wildman–Crippen LogP) is 2.07. The number of ether oxygens (including phenoxy) is 1. The number of rotatable bonds is 2. The quantitative estimate of drug-likeness (QED) is 0.726. The van der Waals surface area contributed by atoms with E-state index in [1.807, 2.05) is 6.08 Å². The van der Waals surface area contributed by atoms with Crippen molar-refractivity contribution in [1.82, 2.24) is 0 Å². The molecule has 1 rings (SSSR count). The van der Waals surface area contributed by atoms with Gasteiger partial charge in [0.2, 0.25) is 0 Å². The van der Waals surface area contributed by atoms with E-state index in [0.717, 1.165) is 18.4 Å². The van der Waals surface area contributed by atoms with Crippen molar-refractivity contribution < 1.29 is 9.84 Å². The maximum Gasteiger partial charge on any atom is 0.0876 e. The number of alkyl halides is 1. The van der Waals surface area contributed by atoms with Crippen LogP contribution < -0.4 is 0 Å². The molecule has 11 heavy (non-hydrogen) atoms. The molecule has 0 saturated carbocycles. The molecular formula is C8H15BrO2. The van der Waals surface area contributed by atoms with Crippen LogP contribution >= 0.6 is 15.9 Å².